The molecule has 0 unspecified atom stereocenters. The number of aliphatic carboxylic acids is 1. The summed E-state index contributed by atoms with van der Waals surface area (Å²) in [5, 5.41) is 9.32. The predicted octanol–water partition coefficient (Wildman–Crippen LogP) is 2.62. The first kappa shape index (κ1) is 15.7. The zero-order chi connectivity index (χ0) is 14.8. The predicted molar refractivity (Wildman–Crippen MR) is 80.8 cm³/mol. The summed E-state index contributed by atoms with van der Waals surface area (Å²) >= 11 is 1.91. The highest BCUT2D eigenvalue weighted by Gasteiger charge is 2.38. The van der Waals surface area contributed by atoms with E-state index in [0.29, 0.717) is 6.42 Å². The van der Waals surface area contributed by atoms with Gasteiger partial charge in [-0.3, -0.25) is 9.59 Å². The maximum absolute atomic E-state index is 12.7. The summed E-state index contributed by atoms with van der Waals surface area (Å²) in [5.74, 6) is -0.543. The van der Waals surface area contributed by atoms with Crippen molar-refractivity contribution >= 4 is 23.6 Å². The van der Waals surface area contributed by atoms with Gasteiger partial charge in [0.05, 0.1) is 11.8 Å². The van der Waals surface area contributed by atoms with Crippen molar-refractivity contribution in [2.75, 3.05) is 18.8 Å². The van der Waals surface area contributed by atoms with Gasteiger partial charge in [0.1, 0.15) is 0 Å². The Balaban J connectivity index is 2.03. The highest BCUT2D eigenvalue weighted by molar-refractivity contribution is 8.00. The molecule has 1 aliphatic carbocycles. The van der Waals surface area contributed by atoms with Crippen LogP contribution in [0.25, 0.3) is 0 Å². The third-order valence-electron chi connectivity index (χ3n) is 4.55. The van der Waals surface area contributed by atoms with Crippen molar-refractivity contribution in [3.05, 3.63) is 0 Å². The van der Waals surface area contributed by atoms with Gasteiger partial charge < -0.3 is 10.0 Å². The topological polar surface area (TPSA) is 57.6 Å². The summed E-state index contributed by atoms with van der Waals surface area (Å²) in [7, 11) is 0. The van der Waals surface area contributed by atoms with Gasteiger partial charge in [-0.15, -0.1) is 0 Å². The van der Waals surface area contributed by atoms with Gasteiger partial charge in [0.25, 0.3) is 0 Å². The Bertz CT molecular complexity index is 383. The van der Waals surface area contributed by atoms with E-state index in [1.165, 1.54) is 0 Å². The Labute approximate surface area is 125 Å². The van der Waals surface area contributed by atoms with Crippen LogP contribution in [-0.2, 0) is 9.59 Å². The molecule has 2 fully saturated rings. The molecule has 0 bridgehead atoms. The fourth-order valence-electron chi connectivity index (χ4n) is 3.20. The Morgan fingerprint density at radius 1 is 1.15 bits per heavy atom. The lowest BCUT2D eigenvalue weighted by molar-refractivity contribution is -0.152. The molecular weight excluding hydrogens is 274 g/mol. The van der Waals surface area contributed by atoms with E-state index in [1.807, 2.05) is 16.7 Å². The molecule has 0 aromatic heterocycles. The minimum Gasteiger partial charge on any atom is -0.481 e. The molecular formula is C15H25NO3S. The van der Waals surface area contributed by atoms with Gasteiger partial charge in [0.2, 0.25) is 5.91 Å². The van der Waals surface area contributed by atoms with E-state index in [2.05, 4.69) is 13.8 Å². The number of thioether (sulfide) groups is 1. The number of carboxylic acid groups (broad SMARTS) is 1. The van der Waals surface area contributed by atoms with Gasteiger partial charge in [0.15, 0.2) is 0 Å². The maximum atomic E-state index is 12.7. The average molecular weight is 299 g/mol. The van der Waals surface area contributed by atoms with E-state index in [-0.39, 0.29) is 16.6 Å². The summed E-state index contributed by atoms with van der Waals surface area (Å²) in [5.41, 5.74) is 0. The summed E-state index contributed by atoms with van der Waals surface area (Å²) in [6, 6.07) is 0. The summed E-state index contributed by atoms with van der Waals surface area (Å²) in [4.78, 5) is 25.9. The second kappa shape index (κ2) is 6.37. The van der Waals surface area contributed by atoms with E-state index in [0.717, 1.165) is 44.5 Å². The fourth-order valence-corrected chi connectivity index (χ4v) is 4.30. The molecule has 0 radical (unpaired) electrons. The summed E-state index contributed by atoms with van der Waals surface area (Å²) < 4.78 is 0.216. The molecule has 5 heteroatoms. The molecule has 1 amide bonds. The molecule has 114 valence electrons. The largest absolute Gasteiger partial charge is 0.481 e. The van der Waals surface area contributed by atoms with Crippen molar-refractivity contribution < 1.29 is 14.7 Å². The number of carboxylic acids is 1. The van der Waals surface area contributed by atoms with Crippen LogP contribution in [0.5, 0.6) is 0 Å². The standard InChI is InChI=1S/C15H25NO3S/c1-15(2)7-8-16(9-10-20-15)13(17)11-5-3-4-6-12(11)14(18)19/h11-12H,3-10H2,1-2H3,(H,18,19)/t11-,12+/m1/s1. The van der Waals surface area contributed by atoms with Gasteiger partial charge in [-0.05, 0) is 19.3 Å². The molecule has 4 nitrogen and oxygen atoms in total. The molecule has 2 rings (SSSR count). The van der Waals surface area contributed by atoms with Crippen molar-refractivity contribution in [1.29, 1.82) is 0 Å². The molecule has 1 saturated carbocycles. The van der Waals surface area contributed by atoms with Crippen molar-refractivity contribution in [3.63, 3.8) is 0 Å². The first-order valence-electron chi connectivity index (χ1n) is 7.56. The second-order valence-electron chi connectivity index (χ2n) is 6.52. The monoisotopic (exact) mass is 299 g/mol. The van der Waals surface area contributed by atoms with Crippen molar-refractivity contribution in [2.45, 2.75) is 50.7 Å². The number of rotatable bonds is 2. The average Bonchev–Trinajstić information content (AvgIpc) is 2.59. The van der Waals surface area contributed by atoms with E-state index in [9.17, 15) is 14.7 Å². The van der Waals surface area contributed by atoms with E-state index >= 15 is 0 Å². The lowest BCUT2D eigenvalue weighted by Gasteiger charge is -2.32. The minimum atomic E-state index is -0.799. The molecule has 1 N–H and O–H groups in total. The molecule has 1 heterocycles. The first-order valence-corrected chi connectivity index (χ1v) is 8.55. The van der Waals surface area contributed by atoms with Crippen molar-refractivity contribution in [2.24, 2.45) is 11.8 Å². The summed E-state index contributed by atoms with van der Waals surface area (Å²) in [6.45, 7) is 5.95. The van der Waals surface area contributed by atoms with Crippen LogP contribution in [0.4, 0.5) is 0 Å². The fraction of sp³-hybridized carbons (Fsp3) is 0.867. The van der Waals surface area contributed by atoms with E-state index < -0.39 is 11.9 Å². The molecule has 0 aromatic rings. The zero-order valence-corrected chi connectivity index (χ0v) is 13.2. The lowest BCUT2D eigenvalue weighted by Crippen LogP contribution is -2.43. The van der Waals surface area contributed by atoms with Gasteiger partial charge in [-0.1, -0.05) is 26.7 Å². The molecule has 0 spiro atoms. The molecule has 2 aliphatic rings. The Kier molecular flexibility index (Phi) is 4.99. The molecule has 20 heavy (non-hydrogen) atoms. The number of amides is 1. The highest BCUT2D eigenvalue weighted by Crippen LogP contribution is 2.34. The van der Waals surface area contributed by atoms with E-state index in [4.69, 9.17) is 0 Å². The van der Waals surface area contributed by atoms with Crippen molar-refractivity contribution in [3.8, 4) is 0 Å². The van der Waals surface area contributed by atoms with Crippen molar-refractivity contribution in [1.82, 2.24) is 4.90 Å². The molecule has 1 aliphatic heterocycles. The first-order chi connectivity index (χ1) is 9.41. The lowest BCUT2D eigenvalue weighted by atomic mass is 9.78. The molecule has 2 atom stereocenters. The number of carbonyl (C=O) groups is 2. The Morgan fingerprint density at radius 3 is 2.45 bits per heavy atom. The third kappa shape index (κ3) is 3.68. The van der Waals surface area contributed by atoms with Crippen LogP contribution >= 0.6 is 11.8 Å². The minimum absolute atomic E-state index is 0.0791. The number of hydrogen-bond donors (Lipinski definition) is 1. The molecule has 1 saturated heterocycles. The van der Waals surface area contributed by atoms with Crippen LogP contribution < -0.4 is 0 Å². The van der Waals surface area contributed by atoms with Crippen LogP contribution in [0.1, 0.15) is 46.0 Å². The van der Waals surface area contributed by atoms with Crippen LogP contribution in [0.3, 0.4) is 0 Å². The number of nitrogens with zero attached hydrogens (tertiary/aromatic N) is 1. The zero-order valence-electron chi connectivity index (χ0n) is 12.4. The number of carbonyl (C=O) groups excluding carboxylic acids is 1. The van der Waals surface area contributed by atoms with Crippen LogP contribution in [0.2, 0.25) is 0 Å². The third-order valence-corrected chi connectivity index (χ3v) is 5.92. The Hall–Kier alpha value is -0.710. The highest BCUT2D eigenvalue weighted by atomic mass is 32.2. The van der Waals surface area contributed by atoms with Crippen LogP contribution in [0.15, 0.2) is 0 Å². The smallest absolute Gasteiger partial charge is 0.307 e. The van der Waals surface area contributed by atoms with Crippen LogP contribution in [-0.4, -0.2) is 45.5 Å². The Morgan fingerprint density at radius 2 is 1.80 bits per heavy atom. The SMILES string of the molecule is CC1(C)CCN(C(=O)[C@@H]2CCCC[C@@H]2C(=O)O)CCS1. The molecule has 0 aromatic carbocycles. The van der Waals surface area contributed by atoms with Gasteiger partial charge >= 0.3 is 5.97 Å². The van der Waals surface area contributed by atoms with E-state index in [1.54, 1.807) is 0 Å². The normalized spacial score (nSPS) is 30.6. The van der Waals surface area contributed by atoms with Gasteiger partial charge in [0, 0.05) is 23.6 Å². The number of hydrogen-bond acceptors (Lipinski definition) is 3. The summed E-state index contributed by atoms with van der Waals surface area (Å²) in [6.07, 6.45) is 4.29. The van der Waals surface area contributed by atoms with Gasteiger partial charge in [-0.2, -0.15) is 11.8 Å². The van der Waals surface area contributed by atoms with Crippen LogP contribution in [0, 0.1) is 11.8 Å². The quantitative estimate of drug-likeness (QED) is 0.851. The maximum Gasteiger partial charge on any atom is 0.307 e. The van der Waals surface area contributed by atoms with Gasteiger partial charge in [-0.25, -0.2) is 0 Å². The second-order valence-corrected chi connectivity index (χ2v) is 8.32.